The second-order valence-corrected chi connectivity index (χ2v) is 6.53. The van der Waals surface area contributed by atoms with Crippen molar-refractivity contribution in [1.82, 2.24) is 0 Å². The first kappa shape index (κ1) is 13.5. The molecule has 2 heteroatoms. The molecule has 2 nitrogen and oxygen atoms in total. The van der Waals surface area contributed by atoms with Gasteiger partial charge in [-0.2, -0.15) is 5.26 Å². The lowest BCUT2D eigenvalue weighted by molar-refractivity contribution is 0.168. The molecule has 114 valence electrons. The lowest BCUT2D eigenvalue weighted by atomic mass is 9.51. The van der Waals surface area contributed by atoms with Gasteiger partial charge in [-0.25, -0.2) is 0 Å². The fraction of sp³-hybridized carbons (Fsp3) is 0.136. The minimum Gasteiger partial charge on any atom is -0.376 e. The second-order valence-electron chi connectivity index (χ2n) is 6.53. The molecule has 0 heterocycles. The van der Waals surface area contributed by atoms with Gasteiger partial charge in [-0.3, -0.25) is 0 Å². The Bertz CT molecular complexity index is 899. The third kappa shape index (κ3) is 1.35. The topological polar surface area (TPSA) is 44.0 Å². The van der Waals surface area contributed by atoms with Crippen LogP contribution in [0.15, 0.2) is 72.8 Å². The van der Waals surface area contributed by atoms with Gasteiger partial charge < -0.3 is 5.11 Å². The Hall–Kier alpha value is -2.89. The van der Waals surface area contributed by atoms with E-state index in [4.69, 9.17) is 0 Å². The molecule has 1 N–H and O–H groups in total. The highest BCUT2D eigenvalue weighted by atomic mass is 16.3. The zero-order valence-corrected chi connectivity index (χ0v) is 13.0. The number of nitrogens with zero attached hydrogens (tertiary/aromatic N) is 1. The fourth-order valence-corrected chi connectivity index (χ4v) is 4.80. The van der Waals surface area contributed by atoms with Crippen LogP contribution >= 0.6 is 0 Å². The number of benzene rings is 3. The van der Waals surface area contributed by atoms with Gasteiger partial charge in [-0.05, 0) is 33.4 Å². The molecule has 3 aliphatic carbocycles. The summed E-state index contributed by atoms with van der Waals surface area (Å²) in [5, 5.41) is 20.6. The van der Waals surface area contributed by atoms with Crippen LogP contribution in [0.1, 0.15) is 39.3 Å². The molecule has 0 aliphatic heterocycles. The molecule has 24 heavy (non-hydrogen) atoms. The minimum atomic E-state index is -1.14. The Morgan fingerprint density at radius 1 is 0.750 bits per heavy atom. The number of rotatable bonds is 1. The molecule has 2 bridgehead atoms. The molecule has 0 fully saturated rings. The average Bonchev–Trinajstić information content (AvgIpc) is 2.67. The summed E-state index contributed by atoms with van der Waals surface area (Å²) in [6, 6.07) is 26.8. The maximum absolute atomic E-state index is 10.9. The second kappa shape index (κ2) is 4.56. The van der Waals surface area contributed by atoms with Crippen LogP contribution in [0.5, 0.6) is 0 Å². The van der Waals surface area contributed by atoms with Crippen LogP contribution < -0.4 is 0 Å². The van der Waals surface area contributed by atoms with Gasteiger partial charge in [0.1, 0.15) is 0 Å². The monoisotopic (exact) mass is 309 g/mol. The maximum atomic E-state index is 10.9. The summed E-state index contributed by atoms with van der Waals surface area (Å²) in [5.74, 6) is 0.168. The van der Waals surface area contributed by atoms with Crippen LogP contribution in [0.25, 0.3) is 0 Å². The van der Waals surface area contributed by atoms with Crippen molar-refractivity contribution in [1.29, 1.82) is 5.26 Å². The molecule has 3 aromatic carbocycles. The minimum absolute atomic E-state index is 0.168. The zero-order chi connectivity index (χ0) is 16.3. The molecule has 6 rings (SSSR count). The summed E-state index contributed by atoms with van der Waals surface area (Å²) in [5.41, 5.74) is 5.95. The van der Waals surface area contributed by atoms with E-state index in [2.05, 4.69) is 42.5 Å². The molecular formula is C22H15NO. The number of aliphatic hydroxyl groups excluding tert-OH is 1. The maximum Gasteiger partial charge on any atom is 0.158 e. The highest BCUT2D eigenvalue weighted by molar-refractivity contribution is 5.73. The summed E-state index contributed by atoms with van der Waals surface area (Å²) in [4.78, 5) is 0. The van der Waals surface area contributed by atoms with Crippen LogP contribution in [-0.2, 0) is 5.41 Å². The molecule has 3 aliphatic rings. The first-order chi connectivity index (χ1) is 11.8. The van der Waals surface area contributed by atoms with Crippen molar-refractivity contribution in [2.45, 2.75) is 17.4 Å². The van der Waals surface area contributed by atoms with Gasteiger partial charge in [0, 0.05) is 5.92 Å². The highest BCUT2D eigenvalue weighted by Gasteiger charge is 2.55. The predicted octanol–water partition coefficient (Wildman–Crippen LogP) is 3.71. The van der Waals surface area contributed by atoms with Crippen LogP contribution in [0.3, 0.4) is 0 Å². The molecule has 1 atom stereocenters. The first-order valence-electron chi connectivity index (χ1n) is 8.16. The molecule has 0 aromatic heterocycles. The molecule has 0 radical (unpaired) electrons. The largest absolute Gasteiger partial charge is 0.376 e. The van der Waals surface area contributed by atoms with E-state index in [1.807, 2.05) is 36.4 Å². The van der Waals surface area contributed by atoms with E-state index >= 15 is 0 Å². The van der Waals surface area contributed by atoms with Crippen molar-refractivity contribution in [2.24, 2.45) is 0 Å². The quantitative estimate of drug-likeness (QED) is 0.696. The van der Waals surface area contributed by atoms with E-state index in [0.717, 1.165) is 16.7 Å². The lowest BCUT2D eigenvalue weighted by Crippen LogP contribution is -2.49. The van der Waals surface area contributed by atoms with Crippen LogP contribution in [0.2, 0.25) is 0 Å². The SMILES string of the molecule is N#CC(O)C12c3ccccc3C(c3ccccc31)c1ccccc12. The van der Waals surface area contributed by atoms with Crippen molar-refractivity contribution in [3.8, 4) is 6.07 Å². The van der Waals surface area contributed by atoms with Gasteiger partial charge in [0.25, 0.3) is 0 Å². The van der Waals surface area contributed by atoms with Gasteiger partial charge in [-0.15, -0.1) is 0 Å². The number of aliphatic hydroxyl groups is 1. The molecule has 3 aromatic rings. The zero-order valence-electron chi connectivity index (χ0n) is 13.0. The van der Waals surface area contributed by atoms with Gasteiger partial charge in [0.15, 0.2) is 6.10 Å². The highest BCUT2D eigenvalue weighted by Crippen LogP contribution is 2.60. The first-order valence-corrected chi connectivity index (χ1v) is 8.16. The smallest absolute Gasteiger partial charge is 0.158 e. The third-order valence-electron chi connectivity index (χ3n) is 5.62. The molecule has 0 saturated carbocycles. The Balaban J connectivity index is 2.02. The Labute approximate surface area is 140 Å². The van der Waals surface area contributed by atoms with Crippen LogP contribution in [-0.4, -0.2) is 11.2 Å². The van der Waals surface area contributed by atoms with Gasteiger partial charge in [0.2, 0.25) is 0 Å². The van der Waals surface area contributed by atoms with Gasteiger partial charge in [0.05, 0.1) is 11.5 Å². The summed E-state index contributed by atoms with van der Waals surface area (Å²) < 4.78 is 0. The van der Waals surface area contributed by atoms with Crippen molar-refractivity contribution in [3.05, 3.63) is 106 Å². The van der Waals surface area contributed by atoms with E-state index in [9.17, 15) is 10.4 Å². The number of hydrogen-bond acceptors (Lipinski definition) is 2. The van der Waals surface area contributed by atoms with Crippen LogP contribution in [0, 0.1) is 11.3 Å². The van der Waals surface area contributed by atoms with Crippen molar-refractivity contribution in [2.75, 3.05) is 0 Å². The summed E-state index contributed by atoms with van der Waals surface area (Å²) in [6.07, 6.45) is -1.14. The van der Waals surface area contributed by atoms with Gasteiger partial charge >= 0.3 is 0 Å². The van der Waals surface area contributed by atoms with Crippen molar-refractivity contribution < 1.29 is 5.11 Å². The molecule has 0 amide bonds. The summed E-state index contributed by atoms with van der Waals surface area (Å²) in [7, 11) is 0. The van der Waals surface area contributed by atoms with Crippen molar-refractivity contribution in [3.63, 3.8) is 0 Å². The predicted molar refractivity (Wildman–Crippen MR) is 91.8 cm³/mol. The fourth-order valence-electron chi connectivity index (χ4n) is 4.80. The number of nitriles is 1. The Morgan fingerprint density at radius 2 is 1.12 bits per heavy atom. The van der Waals surface area contributed by atoms with Gasteiger partial charge in [-0.1, -0.05) is 72.8 Å². The average molecular weight is 309 g/mol. The van der Waals surface area contributed by atoms with E-state index in [0.29, 0.717) is 0 Å². The molecular weight excluding hydrogens is 294 g/mol. The summed E-state index contributed by atoms with van der Waals surface area (Å²) >= 11 is 0. The van der Waals surface area contributed by atoms with Crippen LogP contribution in [0.4, 0.5) is 0 Å². The van der Waals surface area contributed by atoms with Crippen molar-refractivity contribution >= 4 is 0 Å². The Kier molecular flexibility index (Phi) is 2.58. The standard InChI is InChI=1S/C22H15NO/c23-13-20(24)22-17-10-4-1-7-14(17)21(15-8-2-5-11-18(15)22)16-9-3-6-12-19(16)22/h1-12,20-21,24H. The number of hydrogen-bond donors (Lipinski definition) is 1. The normalized spacial score (nSPS) is 23.6. The molecule has 0 saturated heterocycles. The summed E-state index contributed by atoms with van der Waals surface area (Å²) in [6.45, 7) is 0. The van der Waals surface area contributed by atoms with E-state index in [1.165, 1.54) is 16.7 Å². The lowest BCUT2D eigenvalue weighted by Gasteiger charge is -2.51. The van der Waals surface area contributed by atoms with E-state index < -0.39 is 11.5 Å². The molecule has 0 spiro atoms. The Morgan fingerprint density at radius 3 is 1.50 bits per heavy atom. The molecule has 1 unspecified atom stereocenters. The van der Waals surface area contributed by atoms with E-state index in [1.54, 1.807) is 0 Å². The van der Waals surface area contributed by atoms with E-state index in [-0.39, 0.29) is 5.92 Å². The third-order valence-corrected chi connectivity index (χ3v) is 5.62.